The van der Waals surface area contributed by atoms with Gasteiger partial charge in [0, 0.05) is 16.5 Å². The van der Waals surface area contributed by atoms with E-state index in [0.717, 1.165) is 33.6 Å². The molecular weight excluding hydrogens is 368 g/mol. The highest BCUT2D eigenvalue weighted by atomic mass is 16.5. The number of ether oxygens (including phenoxy) is 2. The number of furan rings is 1. The maximum atomic E-state index is 11.5. The maximum absolute atomic E-state index is 11.5. The number of benzene rings is 3. The van der Waals surface area contributed by atoms with Gasteiger partial charge in [0.05, 0.1) is 20.6 Å². The Labute approximate surface area is 168 Å². The minimum absolute atomic E-state index is 0.118. The highest BCUT2D eigenvalue weighted by Gasteiger charge is 2.19. The normalized spacial score (nSPS) is 10.8. The molecule has 146 valence electrons. The van der Waals surface area contributed by atoms with Gasteiger partial charge in [-0.05, 0) is 53.6 Å². The van der Waals surface area contributed by atoms with Gasteiger partial charge >= 0.3 is 5.97 Å². The van der Waals surface area contributed by atoms with Gasteiger partial charge in [-0.2, -0.15) is 0 Å². The monoisotopic (exact) mass is 388 g/mol. The van der Waals surface area contributed by atoms with Crippen LogP contribution in [0.15, 0.2) is 71.1 Å². The molecule has 5 heteroatoms. The van der Waals surface area contributed by atoms with E-state index in [1.54, 1.807) is 14.2 Å². The molecular formula is C24H20O5. The van der Waals surface area contributed by atoms with Crippen molar-refractivity contribution in [1.82, 2.24) is 0 Å². The van der Waals surface area contributed by atoms with Crippen LogP contribution in [0.5, 0.6) is 11.5 Å². The number of hydrogen-bond acceptors (Lipinski definition) is 4. The number of fused-ring (bicyclic) bond motifs is 1. The van der Waals surface area contributed by atoms with Crippen LogP contribution in [0.2, 0.25) is 0 Å². The lowest BCUT2D eigenvalue weighted by Crippen LogP contribution is -2.00. The highest BCUT2D eigenvalue weighted by Crippen LogP contribution is 2.37. The predicted molar refractivity (Wildman–Crippen MR) is 112 cm³/mol. The van der Waals surface area contributed by atoms with Gasteiger partial charge < -0.3 is 19.0 Å². The fourth-order valence-electron chi connectivity index (χ4n) is 3.43. The van der Waals surface area contributed by atoms with Crippen molar-refractivity contribution in [2.45, 2.75) is 6.42 Å². The van der Waals surface area contributed by atoms with E-state index in [1.807, 2.05) is 66.7 Å². The van der Waals surface area contributed by atoms with Gasteiger partial charge in [0.1, 0.15) is 22.8 Å². The Bertz CT molecular complexity index is 1170. The molecule has 4 aromatic rings. The smallest absolute Gasteiger partial charge is 0.307 e. The number of carbonyl (C=O) groups is 1. The van der Waals surface area contributed by atoms with Crippen molar-refractivity contribution >= 4 is 16.9 Å². The van der Waals surface area contributed by atoms with Crippen molar-refractivity contribution in [3.63, 3.8) is 0 Å². The van der Waals surface area contributed by atoms with Crippen LogP contribution >= 0.6 is 0 Å². The van der Waals surface area contributed by atoms with E-state index in [1.165, 1.54) is 0 Å². The van der Waals surface area contributed by atoms with Gasteiger partial charge in [0.15, 0.2) is 0 Å². The number of carboxylic acids is 1. The van der Waals surface area contributed by atoms with Crippen LogP contribution in [-0.2, 0) is 11.2 Å². The van der Waals surface area contributed by atoms with Crippen LogP contribution in [-0.4, -0.2) is 25.3 Å². The fourth-order valence-corrected chi connectivity index (χ4v) is 3.43. The number of rotatable bonds is 6. The first-order valence-corrected chi connectivity index (χ1v) is 9.15. The lowest BCUT2D eigenvalue weighted by molar-refractivity contribution is -0.136. The molecule has 0 radical (unpaired) electrons. The Morgan fingerprint density at radius 1 is 0.862 bits per heavy atom. The predicted octanol–water partition coefficient (Wildman–Crippen LogP) is 5.41. The van der Waals surface area contributed by atoms with Gasteiger partial charge in [-0.1, -0.05) is 24.3 Å². The average Bonchev–Trinajstić information content (AvgIpc) is 3.11. The van der Waals surface area contributed by atoms with Crippen LogP contribution in [0, 0.1) is 0 Å². The van der Waals surface area contributed by atoms with E-state index >= 15 is 0 Å². The summed E-state index contributed by atoms with van der Waals surface area (Å²) in [5.41, 5.74) is 4.07. The number of methoxy groups -OCH3 is 2. The summed E-state index contributed by atoms with van der Waals surface area (Å²) in [6.45, 7) is 0. The zero-order chi connectivity index (χ0) is 20.4. The molecule has 3 aromatic carbocycles. The molecule has 0 saturated heterocycles. The number of hydrogen-bond donors (Lipinski definition) is 1. The second-order valence-corrected chi connectivity index (χ2v) is 6.65. The molecule has 5 nitrogen and oxygen atoms in total. The van der Waals surface area contributed by atoms with Crippen LogP contribution in [0.4, 0.5) is 0 Å². The van der Waals surface area contributed by atoms with Crippen LogP contribution in [0.1, 0.15) is 5.56 Å². The van der Waals surface area contributed by atoms with Gasteiger partial charge in [0.2, 0.25) is 0 Å². The van der Waals surface area contributed by atoms with E-state index < -0.39 is 5.97 Å². The minimum atomic E-state index is -0.903. The van der Waals surface area contributed by atoms with Crippen molar-refractivity contribution < 1.29 is 23.8 Å². The van der Waals surface area contributed by atoms with Crippen molar-refractivity contribution in [3.8, 4) is 33.9 Å². The first-order chi connectivity index (χ1) is 14.1. The van der Waals surface area contributed by atoms with Crippen LogP contribution < -0.4 is 9.47 Å². The third kappa shape index (κ3) is 3.67. The molecule has 0 unspecified atom stereocenters. The number of carboxylic acid groups (broad SMARTS) is 1. The number of aliphatic carboxylic acids is 1. The summed E-state index contributed by atoms with van der Waals surface area (Å²) < 4.78 is 16.7. The SMILES string of the molecule is COc1ccc(-c2oc3cc(-c4cccc(OC)c4)ccc3c2CC(=O)O)cc1. The van der Waals surface area contributed by atoms with E-state index in [-0.39, 0.29) is 6.42 Å². The molecule has 0 saturated carbocycles. The molecule has 0 spiro atoms. The summed E-state index contributed by atoms with van der Waals surface area (Å²) in [5.74, 6) is 1.16. The first kappa shape index (κ1) is 18.6. The molecule has 0 aliphatic rings. The molecule has 4 rings (SSSR count). The summed E-state index contributed by atoms with van der Waals surface area (Å²) in [6, 6.07) is 21.0. The first-order valence-electron chi connectivity index (χ1n) is 9.15. The van der Waals surface area contributed by atoms with Crippen molar-refractivity contribution in [3.05, 3.63) is 72.3 Å². The highest BCUT2D eigenvalue weighted by molar-refractivity contribution is 5.93. The zero-order valence-corrected chi connectivity index (χ0v) is 16.1. The Morgan fingerprint density at radius 2 is 1.55 bits per heavy atom. The lowest BCUT2D eigenvalue weighted by Gasteiger charge is -2.05. The van der Waals surface area contributed by atoms with E-state index in [9.17, 15) is 9.90 Å². The molecule has 0 aliphatic heterocycles. The summed E-state index contributed by atoms with van der Waals surface area (Å²) in [6.07, 6.45) is -0.118. The summed E-state index contributed by atoms with van der Waals surface area (Å²) in [7, 11) is 3.24. The molecule has 0 atom stereocenters. The Morgan fingerprint density at radius 3 is 2.24 bits per heavy atom. The molecule has 0 aliphatic carbocycles. The van der Waals surface area contributed by atoms with Gasteiger partial charge in [-0.3, -0.25) is 4.79 Å². The van der Waals surface area contributed by atoms with E-state index in [4.69, 9.17) is 13.9 Å². The molecule has 1 N–H and O–H groups in total. The standard InChI is InChI=1S/C24H20O5/c1-27-18-9-6-15(7-10-18)24-21(14-23(25)26)20-11-8-17(13-22(20)29-24)16-4-3-5-19(12-16)28-2/h3-13H,14H2,1-2H3,(H,25,26). The lowest BCUT2D eigenvalue weighted by atomic mass is 10.00. The zero-order valence-electron chi connectivity index (χ0n) is 16.1. The van der Waals surface area contributed by atoms with Gasteiger partial charge in [0.25, 0.3) is 0 Å². The van der Waals surface area contributed by atoms with Gasteiger partial charge in [-0.15, -0.1) is 0 Å². The molecule has 1 heterocycles. The average molecular weight is 388 g/mol. The molecule has 0 bridgehead atoms. The van der Waals surface area contributed by atoms with Crippen molar-refractivity contribution in [2.24, 2.45) is 0 Å². The van der Waals surface area contributed by atoms with Crippen LogP contribution in [0.3, 0.4) is 0 Å². The molecule has 29 heavy (non-hydrogen) atoms. The molecule has 0 amide bonds. The maximum Gasteiger partial charge on any atom is 0.307 e. The van der Waals surface area contributed by atoms with E-state index in [0.29, 0.717) is 16.9 Å². The Kier molecular flexibility index (Phi) is 4.96. The topological polar surface area (TPSA) is 68.9 Å². The Hall–Kier alpha value is -3.73. The summed E-state index contributed by atoms with van der Waals surface area (Å²) >= 11 is 0. The Balaban J connectivity index is 1.85. The third-order valence-corrected chi connectivity index (χ3v) is 4.88. The molecule has 1 aromatic heterocycles. The molecule has 0 fully saturated rings. The largest absolute Gasteiger partial charge is 0.497 e. The van der Waals surface area contributed by atoms with Crippen LogP contribution in [0.25, 0.3) is 33.4 Å². The van der Waals surface area contributed by atoms with Crippen molar-refractivity contribution in [2.75, 3.05) is 14.2 Å². The second kappa shape index (κ2) is 7.72. The third-order valence-electron chi connectivity index (χ3n) is 4.88. The minimum Gasteiger partial charge on any atom is -0.497 e. The quantitative estimate of drug-likeness (QED) is 0.478. The summed E-state index contributed by atoms with van der Waals surface area (Å²) in [5, 5.41) is 10.2. The summed E-state index contributed by atoms with van der Waals surface area (Å²) in [4.78, 5) is 11.5. The van der Waals surface area contributed by atoms with Crippen molar-refractivity contribution in [1.29, 1.82) is 0 Å². The van der Waals surface area contributed by atoms with Gasteiger partial charge in [-0.25, -0.2) is 0 Å². The van der Waals surface area contributed by atoms with E-state index in [2.05, 4.69) is 0 Å². The second-order valence-electron chi connectivity index (χ2n) is 6.65. The fraction of sp³-hybridized carbons (Fsp3) is 0.125.